The number of hydrogen-bond donors (Lipinski definition) is 2. The van der Waals surface area contributed by atoms with Crippen molar-refractivity contribution in [3.05, 3.63) is 29.8 Å². The van der Waals surface area contributed by atoms with Crippen LogP contribution in [0.25, 0.3) is 0 Å². The van der Waals surface area contributed by atoms with Crippen molar-refractivity contribution in [3.8, 4) is 0 Å². The number of aliphatic hydroxyl groups excluding tert-OH is 1. The Bertz CT molecular complexity index is 391. The predicted octanol–water partition coefficient (Wildman–Crippen LogP) is 2.70. The van der Waals surface area contributed by atoms with Crippen molar-refractivity contribution in [1.29, 1.82) is 0 Å². The highest BCUT2D eigenvalue weighted by molar-refractivity contribution is 5.95. The molecule has 0 aliphatic heterocycles. The van der Waals surface area contributed by atoms with E-state index >= 15 is 0 Å². The van der Waals surface area contributed by atoms with Gasteiger partial charge >= 0.3 is 0 Å². The van der Waals surface area contributed by atoms with Crippen LogP contribution in [0.3, 0.4) is 0 Å². The Morgan fingerprint density at radius 1 is 1.29 bits per heavy atom. The van der Waals surface area contributed by atoms with Crippen molar-refractivity contribution in [3.63, 3.8) is 0 Å². The minimum Gasteiger partial charge on any atom is -0.392 e. The average molecular weight is 233 g/mol. The topological polar surface area (TPSA) is 49.3 Å². The van der Waals surface area contributed by atoms with Crippen LogP contribution in [-0.2, 0) is 11.4 Å². The molecule has 0 atom stereocenters. The van der Waals surface area contributed by atoms with Gasteiger partial charge in [-0.15, -0.1) is 0 Å². The number of carbonyl (C=O) groups is 1. The Labute approximate surface area is 102 Å². The second-order valence-corrected chi connectivity index (χ2v) is 5.08. The lowest BCUT2D eigenvalue weighted by atomic mass is 9.88. The van der Waals surface area contributed by atoms with Gasteiger partial charge in [-0.25, -0.2) is 0 Å². The van der Waals surface area contributed by atoms with Gasteiger partial charge in [0.15, 0.2) is 0 Å². The SMILES string of the molecule is CC1(C(=O)Nc2ccc(CO)cc2)CCCC1. The summed E-state index contributed by atoms with van der Waals surface area (Å²) in [6, 6.07) is 7.32. The number of amides is 1. The molecule has 1 aliphatic rings. The second-order valence-electron chi connectivity index (χ2n) is 5.08. The molecule has 0 heterocycles. The molecule has 0 saturated heterocycles. The van der Waals surface area contributed by atoms with E-state index in [1.165, 1.54) is 0 Å². The van der Waals surface area contributed by atoms with Gasteiger partial charge in [0, 0.05) is 11.1 Å². The monoisotopic (exact) mass is 233 g/mol. The molecule has 92 valence electrons. The number of aliphatic hydroxyl groups is 1. The summed E-state index contributed by atoms with van der Waals surface area (Å²) in [6.45, 7) is 2.07. The number of hydrogen-bond acceptors (Lipinski definition) is 2. The lowest BCUT2D eigenvalue weighted by Crippen LogP contribution is -2.30. The van der Waals surface area contributed by atoms with Crippen molar-refractivity contribution >= 4 is 11.6 Å². The summed E-state index contributed by atoms with van der Waals surface area (Å²) in [5.41, 5.74) is 1.46. The first-order valence-corrected chi connectivity index (χ1v) is 6.15. The van der Waals surface area contributed by atoms with E-state index in [2.05, 4.69) is 5.32 Å². The van der Waals surface area contributed by atoms with E-state index in [9.17, 15) is 4.79 Å². The van der Waals surface area contributed by atoms with Crippen LogP contribution in [0.4, 0.5) is 5.69 Å². The molecule has 1 aromatic rings. The summed E-state index contributed by atoms with van der Waals surface area (Å²) in [6.07, 6.45) is 4.25. The van der Waals surface area contributed by atoms with Gasteiger partial charge in [0.2, 0.25) is 5.91 Å². The van der Waals surface area contributed by atoms with Crippen LogP contribution >= 0.6 is 0 Å². The molecule has 1 amide bonds. The molecule has 0 radical (unpaired) electrons. The first-order valence-electron chi connectivity index (χ1n) is 6.15. The maximum atomic E-state index is 12.1. The lowest BCUT2D eigenvalue weighted by Gasteiger charge is -2.22. The lowest BCUT2D eigenvalue weighted by molar-refractivity contribution is -0.124. The van der Waals surface area contributed by atoms with Gasteiger partial charge in [-0.3, -0.25) is 4.79 Å². The Hall–Kier alpha value is -1.35. The summed E-state index contributed by atoms with van der Waals surface area (Å²) < 4.78 is 0. The van der Waals surface area contributed by atoms with E-state index in [0.29, 0.717) is 0 Å². The minimum absolute atomic E-state index is 0.0337. The van der Waals surface area contributed by atoms with Gasteiger partial charge in [-0.1, -0.05) is 31.9 Å². The minimum atomic E-state index is -0.199. The molecule has 1 aromatic carbocycles. The molecule has 1 fully saturated rings. The molecular formula is C14H19NO2. The van der Waals surface area contributed by atoms with Crippen LogP contribution in [-0.4, -0.2) is 11.0 Å². The van der Waals surface area contributed by atoms with E-state index in [1.807, 2.05) is 31.2 Å². The molecule has 3 nitrogen and oxygen atoms in total. The molecule has 17 heavy (non-hydrogen) atoms. The molecule has 0 unspecified atom stereocenters. The maximum absolute atomic E-state index is 12.1. The normalized spacial score (nSPS) is 18.0. The first-order chi connectivity index (χ1) is 8.14. The fourth-order valence-corrected chi connectivity index (χ4v) is 2.36. The van der Waals surface area contributed by atoms with Crippen molar-refractivity contribution < 1.29 is 9.90 Å². The molecule has 2 rings (SSSR count). The Kier molecular flexibility index (Phi) is 3.48. The number of benzene rings is 1. The molecule has 1 aliphatic carbocycles. The third kappa shape index (κ3) is 2.67. The molecule has 0 spiro atoms. The number of nitrogens with one attached hydrogen (secondary N) is 1. The van der Waals surface area contributed by atoms with Crippen LogP contribution in [0.2, 0.25) is 0 Å². The van der Waals surface area contributed by atoms with Crippen LogP contribution in [0, 0.1) is 5.41 Å². The molecule has 2 N–H and O–H groups in total. The first kappa shape index (κ1) is 12.1. The molecule has 0 aromatic heterocycles. The summed E-state index contributed by atoms with van der Waals surface area (Å²) in [5.74, 6) is 0.117. The van der Waals surface area contributed by atoms with E-state index in [4.69, 9.17) is 5.11 Å². The van der Waals surface area contributed by atoms with E-state index in [0.717, 1.165) is 36.9 Å². The van der Waals surface area contributed by atoms with E-state index in [-0.39, 0.29) is 17.9 Å². The average Bonchev–Trinajstić information content (AvgIpc) is 2.78. The van der Waals surface area contributed by atoms with Crippen molar-refractivity contribution in [2.24, 2.45) is 5.41 Å². The molecule has 1 saturated carbocycles. The zero-order valence-corrected chi connectivity index (χ0v) is 10.2. The van der Waals surface area contributed by atoms with E-state index in [1.54, 1.807) is 0 Å². The highest BCUT2D eigenvalue weighted by Gasteiger charge is 2.36. The van der Waals surface area contributed by atoms with Gasteiger partial charge in [0.25, 0.3) is 0 Å². The van der Waals surface area contributed by atoms with Crippen LogP contribution in [0.5, 0.6) is 0 Å². The summed E-state index contributed by atoms with van der Waals surface area (Å²) >= 11 is 0. The fourth-order valence-electron chi connectivity index (χ4n) is 2.36. The molecule has 0 bridgehead atoms. The molecule has 3 heteroatoms. The van der Waals surface area contributed by atoms with Crippen molar-refractivity contribution in [1.82, 2.24) is 0 Å². The van der Waals surface area contributed by atoms with Gasteiger partial charge < -0.3 is 10.4 Å². The highest BCUT2D eigenvalue weighted by Crippen LogP contribution is 2.38. The van der Waals surface area contributed by atoms with Gasteiger partial charge in [-0.2, -0.15) is 0 Å². The number of anilines is 1. The zero-order chi connectivity index (χ0) is 12.3. The fraction of sp³-hybridized carbons (Fsp3) is 0.500. The van der Waals surface area contributed by atoms with Crippen molar-refractivity contribution in [2.75, 3.05) is 5.32 Å². The standard InChI is InChI=1S/C14H19NO2/c1-14(8-2-3-9-14)13(17)15-12-6-4-11(10-16)5-7-12/h4-7,16H,2-3,8-10H2,1H3,(H,15,17). The van der Waals surface area contributed by atoms with Crippen LogP contribution in [0.1, 0.15) is 38.2 Å². The van der Waals surface area contributed by atoms with Gasteiger partial charge in [0.05, 0.1) is 6.61 Å². The van der Waals surface area contributed by atoms with Gasteiger partial charge in [-0.05, 0) is 30.5 Å². The Morgan fingerprint density at radius 2 is 1.88 bits per heavy atom. The van der Waals surface area contributed by atoms with Crippen molar-refractivity contribution in [2.45, 2.75) is 39.2 Å². The Balaban J connectivity index is 2.02. The summed E-state index contributed by atoms with van der Waals surface area (Å²) in [4.78, 5) is 12.1. The third-order valence-electron chi connectivity index (χ3n) is 3.65. The van der Waals surface area contributed by atoms with Gasteiger partial charge in [0.1, 0.15) is 0 Å². The molecular weight excluding hydrogens is 214 g/mol. The van der Waals surface area contributed by atoms with Crippen LogP contribution in [0.15, 0.2) is 24.3 Å². The Morgan fingerprint density at radius 3 is 2.41 bits per heavy atom. The van der Waals surface area contributed by atoms with Crippen LogP contribution < -0.4 is 5.32 Å². The summed E-state index contributed by atoms with van der Waals surface area (Å²) in [7, 11) is 0. The summed E-state index contributed by atoms with van der Waals surface area (Å²) in [5, 5.41) is 11.9. The predicted molar refractivity (Wildman–Crippen MR) is 67.6 cm³/mol. The highest BCUT2D eigenvalue weighted by atomic mass is 16.3. The quantitative estimate of drug-likeness (QED) is 0.843. The maximum Gasteiger partial charge on any atom is 0.230 e. The zero-order valence-electron chi connectivity index (χ0n) is 10.2. The number of rotatable bonds is 3. The van der Waals surface area contributed by atoms with E-state index < -0.39 is 0 Å². The second kappa shape index (κ2) is 4.88. The number of carbonyl (C=O) groups excluding carboxylic acids is 1. The largest absolute Gasteiger partial charge is 0.392 e. The third-order valence-corrected chi connectivity index (χ3v) is 3.65. The smallest absolute Gasteiger partial charge is 0.230 e.